The van der Waals surface area contributed by atoms with Crippen molar-refractivity contribution in [2.75, 3.05) is 39.6 Å². The number of carbonyl (C=O) groups excluding carboxylic acids is 4. The lowest BCUT2D eigenvalue weighted by molar-refractivity contribution is -0.161. The Kier molecular flexibility index (Phi) is 75.0. The first-order chi connectivity index (χ1) is 50.4. The van der Waals surface area contributed by atoms with Crippen LogP contribution in [0.15, 0.2) is 0 Å². The number of aliphatic hydroxyl groups excluding tert-OH is 1. The van der Waals surface area contributed by atoms with Crippen LogP contribution in [-0.2, 0) is 65.4 Å². The van der Waals surface area contributed by atoms with Gasteiger partial charge in [0.1, 0.15) is 19.3 Å². The molecule has 5 atom stereocenters. The number of phosphoric ester groups is 2. The van der Waals surface area contributed by atoms with Crippen molar-refractivity contribution in [2.45, 2.75) is 471 Å². The van der Waals surface area contributed by atoms with Gasteiger partial charge in [0.15, 0.2) is 12.2 Å². The molecule has 0 aromatic rings. The summed E-state index contributed by atoms with van der Waals surface area (Å²) in [6, 6.07) is 0. The molecule has 2 unspecified atom stereocenters. The van der Waals surface area contributed by atoms with Crippen molar-refractivity contribution in [3.63, 3.8) is 0 Å². The second-order valence-electron chi connectivity index (χ2n) is 31.5. The van der Waals surface area contributed by atoms with Crippen LogP contribution in [0.25, 0.3) is 0 Å². The van der Waals surface area contributed by atoms with Crippen molar-refractivity contribution in [3.8, 4) is 0 Å². The summed E-state index contributed by atoms with van der Waals surface area (Å²) < 4.78 is 68.9. The fourth-order valence-corrected chi connectivity index (χ4v) is 14.8. The topological polar surface area (TPSA) is 237 Å². The van der Waals surface area contributed by atoms with E-state index in [9.17, 15) is 43.2 Å². The molecule has 618 valence electrons. The van der Waals surface area contributed by atoms with Gasteiger partial charge in [-0.2, -0.15) is 0 Å². The number of carbonyl (C=O) groups is 4. The van der Waals surface area contributed by atoms with E-state index in [1.807, 2.05) is 0 Å². The molecule has 0 heterocycles. The smallest absolute Gasteiger partial charge is 0.462 e. The number of unbranched alkanes of at least 4 members (excludes halogenated alkanes) is 54. The predicted molar refractivity (Wildman–Crippen MR) is 428 cm³/mol. The van der Waals surface area contributed by atoms with Gasteiger partial charge in [0.25, 0.3) is 0 Å². The van der Waals surface area contributed by atoms with Crippen molar-refractivity contribution in [1.29, 1.82) is 0 Å². The lowest BCUT2D eigenvalue weighted by atomic mass is 10.0. The Hall–Kier alpha value is -1.94. The normalized spacial score (nSPS) is 13.8. The maximum Gasteiger partial charge on any atom is 0.472 e. The summed E-state index contributed by atoms with van der Waals surface area (Å²) in [7, 11) is -9.93. The molecule has 3 N–H and O–H groups in total. The predicted octanol–water partition coefficient (Wildman–Crippen LogP) is 25.8. The third-order valence-electron chi connectivity index (χ3n) is 20.0. The monoisotopic (exact) mass is 1520 g/mol. The first-order valence-electron chi connectivity index (χ1n) is 44.0. The van der Waals surface area contributed by atoms with Crippen LogP contribution in [0.4, 0.5) is 0 Å². The van der Waals surface area contributed by atoms with Crippen LogP contribution in [0, 0.1) is 11.8 Å². The number of ether oxygens (including phenoxy) is 4. The van der Waals surface area contributed by atoms with Crippen molar-refractivity contribution >= 4 is 39.5 Å². The minimum atomic E-state index is -4.97. The molecule has 17 nitrogen and oxygen atoms in total. The Bertz CT molecular complexity index is 1990. The molecule has 0 aliphatic heterocycles. The highest BCUT2D eigenvalue weighted by atomic mass is 31.2. The van der Waals surface area contributed by atoms with Gasteiger partial charge < -0.3 is 33.8 Å². The molecular weight excluding hydrogens is 1350 g/mol. The lowest BCUT2D eigenvalue weighted by Crippen LogP contribution is -2.30. The number of aliphatic hydroxyl groups is 1. The number of esters is 4. The zero-order valence-corrected chi connectivity index (χ0v) is 70.1. The zero-order chi connectivity index (χ0) is 76.4. The maximum absolute atomic E-state index is 13.1. The molecule has 0 aromatic carbocycles. The third-order valence-corrected chi connectivity index (χ3v) is 21.9. The van der Waals surface area contributed by atoms with Crippen LogP contribution in [0.3, 0.4) is 0 Å². The SMILES string of the molecule is CCCCCCCCCCCCCCCCCCCCCCC(=O)O[C@H](COC(=O)CCCCCCCCCCCCCCCCCCCC)COP(=O)(O)OC[C@@H](O)COP(=O)(O)OC[C@@H](COC(=O)CCCCCCCCCCCCC(C)C)OC(=O)CCCCCCCCCCCCC(C)C. The first-order valence-corrected chi connectivity index (χ1v) is 47.0. The highest BCUT2D eigenvalue weighted by Gasteiger charge is 2.30. The third kappa shape index (κ3) is 78.2. The van der Waals surface area contributed by atoms with E-state index < -0.39 is 97.5 Å². The van der Waals surface area contributed by atoms with E-state index >= 15 is 0 Å². The van der Waals surface area contributed by atoms with E-state index in [1.165, 1.54) is 270 Å². The second-order valence-corrected chi connectivity index (χ2v) is 34.4. The minimum absolute atomic E-state index is 0.106. The molecule has 0 rings (SSSR count). The molecule has 104 heavy (non-hydrogen) atoms. The van der Waals surface area contributed by atoms with E-state index in [-0.39, 0.29) is 25.7 Å². The molecule has 0 amide bonds. The molecule has 0 fully saturated rings. The fourth-order valence-electron chi connectivity index (χ4n) is 13.2. The fraction of sp³-hybridized carbons (Fsp3) is 0.953. The molecule has 0 aliphatic rings. The van der Waals surface area contributed by atoms with E-state index in [0.717, 1.165) is 102 Å². The summed E-state index contributed by atoms with van der Waals surface area (Å²) in [6.45, 7) is 9.65. The van der Waals surface area contributed by atoms with Gasteiger partial charge in [-0.15, -0.1) is 0 Å². The molecule has 0 aromatic heterocycles. The molecule has 19 heteroatoms. The largest absolute Gasteiger partial charge is 0.472 e. The van der Waals surface area contributed by atoms with Crippen LogP contribution in [0.2, 0.25) is 0 Å². The molecule has 0 saturated carbocycles. The summed E-state index contributed by atoms with van der Waals surface area (Å²) in [5.74, 6) is -0.593. The summed E-state index contributed by atoms with van der Waals surface area (Å²) in [5, 5.41) is 10.7. The number of hydrogen-bond donors (Lipinski definition) is 3. The molecule has 0 radical (unpaired) electrons. The number of phosphoric acid groups is 2. The van der Waals surface area contributed by atoms with Crippen LogP contribution in [-0.4, -0.2) is 96.7 Å². The van der Waals surface area contributed by atoms with Crippen LogP contribution < -0.4 is 0 Å². The van der Waals surface area contributed by atoms with Gasteiger partial charge in [-0.25, -0.2) is 9.13 Å². The number of hydrogen-bond acceptors (Lipinski definition) is 15. The zero-order valence-electron chi connectivity index (χ0n) is 68.3. The van der Waals surface area contributed by atoms with E-state index in [0.29, 0.717) is 25.7 Å². The Morgan fingerprint density at radius 3 is 0.654 bits per heavy atom. The van der Waals surface area contributed by atoms with Crippen LogP contribution >= 0.6 is 15.6 Å². The van der Waals surface area contributed by atoms with E-state index in [2.05, 4.69) is 41.5 Å². The second kappa shape index (κ2) is 76.4. The minimum Gasteiger partial charge on any atom is -0.462 e. The molecule has 0 saturated heterocycles. The van der Waals surface area contributed by atoms with Gasteiger partial charge in [-0.05, 0) is 37.5 Å². The van der Waals surface area contributed by atoms with Gasteiger partial charge in [0, 0.05) is 25.7 Å². The van der Waals surface area contributed by atoms with Crippen molar-refractivity contribution in [3.05, 3.63) is 0 Å². The highest BCUT2D eigenvalue weighted by Crippen LogP contribution is 2.45. The molecule has 0 aliphatic carbocycles. The lowest BCUT2D eigenvalue weighted by Gasteiger charge is -2.21. The maximum atomic E-state index is 13.1. The van der Waals surface area contributed by atoms with Gasteiger partial charge in [0.05, 0.1) is 26.4 Å². The number of rotatable bonds is 84. The molecule has 0 bridgehead atoms. The standard InChI is InChI=1S/C85H166O17P2/c1-7-9-11-13-15-17-19-21-23-25-27-28-30-32-34-36-45-51-57-63-69-84(89)101-80(73-95-82(87)67-61-55-49-43-35-33-31-29-26-24-22-20-18-16-14-12-10-8-2)75-99-103(91,92)97-71-79(86)72-98-104(93,94)100-76-81(102-85(90)70-64-58-52-46-40-38-42-48-54-60-66-78(5)6)74-96-83(88)68-62-56-50-44-39-37-41-47-53-59-65-77(3)4/h77-81,86H,7-76H2,1-6H3,(H,91,92)(H,93,94)/t79-,80-,81-/m1/s1. The van der Waals surface area contributed by atoms with Crippen molar-refractivity contribution in [1.82, 2.24) is 0 Å². The Morgan fingerprint density at radius 2 is 0.442 bits per heavy atom. The van der Waals surface area contributed by atoms with Crippen molar-refractivity contribution < 1.29 is 80.2 Å². The van der Waals surface area contributed by atoms with Crippen LogP contribution in [0.5, 0.6) is 0 Å². The Balaban J connectivity index is 5.25. The molecular formula is C85H166O17P2. The van der Waals surface area contributed by atoms with Gasteiger partial charge >= 0.3 is 39.5 Å². The van der Waals surface area contributed by atoms with Gasteiger partial charge in [-0.1, -0.05) is 401 Å². The van der Waals surface area contributed by atoms with E-state index in [1.54, 1.807) is 0 Å². The quantitative estimate of drug-likeness (QED) is 0.0222. The van der Waals surface area contributed by atoms with E-state index in [4.69, 9.17) is 37.0 Å². The average molecular weight is 1520 g/mol. The van der Waals surface area contributed by atoms with Crippen LogP contribution in [0.1, 0.15) is 452 Å². The Labute approximate surface area is 638 Å². The van der Waals surface area contributed by atoms with Crippen molar-refractivity contribution in [2.24, 2.45) is 11.8 Å². The first kappa shape index (κ1) is 102. The summed E-state index contributed by atoms with van der Waals surface area (Å²) in [6.07, 6.45) is 68.1. The molecule has 0 spiro atoms. The average Bonchev–Trinajstić information content (AvgIpc) is 0.924. The highest BCUT2D eigenvalue weighted by molar-refractivity contribution is 7.47. The summed E-state index contributed by atoms with van der Waals surface area (Å²) in [4.78, 5) is 73.2. The Morgan fingerprint density at radius 1 is 0.260 bits per heavy atom. The van der Waals surface area contributed by atoms with Gasteiger partial charge in [0.2, 0.25) is 0 Å². The summed E-state index contributed by atoms with van der Waals surface area (Å²) >= 11 is 0. The summed E-state index contributed by atoms with van der Waals surface area (Å²) in [5.41, 5.74) is 0. The van der Waals surface area contributed by atoms with Gasteiger partial charge in [-0.3, -0.25) is 37.3 Å².